The number of nitrogens with zero attached hydrogens (tertiary/aromatic N) is 4. The predicted molar refractivity (Wildman–Crippen MR) is 153 cm³/mol. The van der Waals surface area contributed by atoms with Crippen LogP contribution in [0, 0.1) is 19.8 Å². The number of pyridine rings is 1. The van der Waals surface area contributed by atoms with Crippen molar-refractivity contribution in [3.05, 3.63) is 23.7 Å². The number of hydrogen-bond acceptors (Lipinski definition) is 9. The number of fused-ring (bicyclic) bond motifs is 1. The van der Waals surface area contributed by atoms with Crippen LogP contribution < -0.4 is 10.6 Å². The zero-order valence-corrected chi connectivity index (χ0v) is 23.8. The minimum Gasteiger partial charge on any atom is -0.390 e. The summed E-state index contributed by atoms with van der Waals surface area (Å²) < 4.78 is 7.46. The van der Waals surface area contributed by atoms with Crippen LogP contribution in [-0.2, 0) is 4.74 Å². The van der Waals surface area contributed by atoms with Gasteiger partial charge in [-0.2, -0.15) is 4.98 Å². The molecule has 1 aliphatic heterocycles. The fourth-order valence-corrected chi connectivity index (χ4v) is 7.81. The van der Waals surface area contributed by atoms with E-state index in [2.05, 4.69) is 15.6 Å². The molecule has 8 nitrogen and oxygen atoms in total. The highest BCUT2D eigenvalue weighted by atomic mass is 32.1. The molecular formula is C29H40N6O2S. The number of aryl methyl sites for hydroxylation is 2. The fraction of sp³-hybridized carbons (Fsp3) is 0.655. The molecule has 2 unspecified atom stereocenters. The van der Waals surface area contributed by atoms with Gasteiger partial charge in [0.2, 0.25) is 5.95 Å². The highest BCUT2D eigenvalue weighted by Gasteiger charge is 2.41. The van der Waals surface area contributed by atoms with Gasteiger partial charge in [0.25, 0.3) is 0 Å². The molecule has 2 aliphatic carbocycles. The van der Waals surface area contributed by atoms with Gasteiger partial charge >= 0.3 is 0 Å². The Morgan fingerprint density at radius 3 is 2.58 bits per heavy atom. The fourth-order valence-electron chi connectivity index (χ4n) is 6.70. The Hall–Kier alpha value is -2.36. The first-order valence-electron chi connectivity index (χ1n) is 14.2. The zero-order chi connectivity index (χ0) is 26.5. The van der Waals surface area contributed by atoms with Crippen molar-refractivity contribution in [1.82, 2.24) is 19.9 Å². The summed E-state index contributed by atoms with van der Waals surface area (Å²) in [6.07, 6.45) is 11.9. The molecule has 0 amide bonds. The molecule has 3 N–H and O–H groups in total. The number of aromatic nitrogens is 4. The van der Waals surface area contributed by atoms with Gasteiger partial charge in [0.05, 0.1) is 45.5 Å². The number of aliphatic hydroxyl groups is 1. The molecule has 2 saturated carbocycles. The lowest BCUT2D eigenvalue weighted by atomic mass is 9.82. The molecule has 204 valence electrons. The van der Waals surface area contributed by atoms with Gasteiger partial charge in [-0.1, -0.05) is 19.3 Å². The van der Waals surface area contributed by atoms with Crippen molar-refractivity contribution in [3.8, 4) is 10.6 Å². The van der Waals surface area contributed by atoms with Gasteiger partial charge in [0.1, 0.15) is 16.3 Å². The van der Waals surface area contributed by atoms with Crippen molar-refractivity contribution in [3.63, 3.8) is 0 Å². The van der Waals surface area contributed by atoms with E-state index in [4.69, 9.17) is 19.7 Å². The first kappa shape index (κ1) is 25.9. The molecule has 6 rings (SSSR count). The van der Waals surface area contributed by atoms with E-state index in [0.29, 0.717) is 12.6 Å². The lowest BCUT2D eigenvalue weighted by Gasteiger charge is -2.32. The maximum absolute atomic E-state index is 10.6. The third-order valence-electron chi connectivity index (χ3n) is 8.87. The summed E-state index contributed by atoms with van der Waals surface area (Å²) in [7, 11) is 0. The Balaban J connectivity index is 1.31. The van der Waals surface area contributed by atoms with Crippen molar-refractivity contribution < 1.29 is 9.84 Å². The van der Waals surface area contributed by atoms with E-state index in [0.717, 1.165) is 76.5 Å². The van der Waals surface area contributed by atoms with Crippen LogP contribution in [0.15, 0.2) is 12.3 Å². The Labute approximate surface area is 229 Å². The molecule has 9 heteroatoms. The molecule has 3 fully saturated rings. The molecule has 0 bridgehead atoms. The highest BCUT2D eigenvalue weighted by molar-refractivity contribution is 7.21. The zero-order valence-electron chi connectivity index (χ0n) is 23.0. The molecule has 1 spiro atoms. The first-order valence-corrected chi connectivity index (χ1v) is 15.0. The Morgan fingerprint density at radius 1 is 1.03 bits per heavy atom. The standard InChI is InChI=1S/C29H40N6O2S/c1-17-23(26-34-24-18(2)30-13-10-22(24)38-26)25(32-20-9-8-19(14-20)28(3,4)36)35-27(31-17)33-21-15-29(37-16-21)11-6-5-7-12-29/h10,13,19-21,36H,5-9,11-12,14-16H2,1-4H3,(H2,31,32,33,35)/t19-,20?,21?/m0/s1. The van der Waals surface area contributed by atoms with E-state index in [1.165, 1.54) is 19.3 Å². The third kappa shape index (κ3) is 5.12. The number of thiazole rings is 1. The smallest absolute Gasteiger partial charge is 0.225 e. The van der Waals surface area contributed by atoms with Crippen molar-refractivity contribution in [2.24, 2.45) is 5.92 Å². The number of anilines is 2. The van der Waals surface area contributed by atoms with Crippen LogP contribution in [0.3, 0.4) is 0 Å². The monoisotopic (exact) mass is 536 g/mol. The van der Waals surface area contributed by atoms with Crippen LogP contribution in [0.4, 0.5) is 11.8 Å². The van der Waals surface area contributed by atoms with Crippen LogP contribution in [-0.4, -0.2) is 54.9 Å². The summed E-state index contributed by atoms with van der Waals surface area (Å²) in [5, 5.41) is 18.9. The van der Waals surface area contributed by atoms with Gasteiger partial charge < -0.3 is 20.5 Å². The molecule has 4 heterocycles. The van der Waals surface area contributed by atoms with E-state index in [1.54, 1.807) is 11.3 Å². The summed E-state index contributed by atoms with van der Waals surface area (Å²) in [4.78, 5) is 19.4. The second-order valence-corrected chi connectivity index (χ2v) is 13.3. The highest BCUT2D eigenvalue weighted by Crippen LogP contribution is 2.42. The Morgan fingerprint density at radius 2 is 1.84 bits per heavy atom. The molecule has 3 aromatic rings. The van der Waals surface area contributed by atoms with Gasteiger partial charge in [0, 0.05) is 12.2 Å². The number of rotatable bonds is 6. The van der Waals surface area contributed by atoms with Crippen molar-refractivity contribution in [2.75, 3.05) is 17.2 Å². The molecule has 38 heavy (non-hydrogen) atoms. The lowest BCUT2D eigenvalue weighted by Crippen LogP contribution is -2.32. The van der Waals surface area contributed by atoms with E-state index in [-0.39, 0.29) is 23.6 Å². The summed E-state index contributed by atoms with van der Waals surface area (Å²) >= 11 is 1.66. The third-order valence-corrected chi connectivity index (χ3v) is 9.91. The second kappa shape index (κ2) is 9.99. The maximum atomic E-state index is 10.6. The molecular weight excluding hydrogens is 496 g/mol. The van der Waals surface area contributed by atoms with E-state index < -0.39 is 5.60 Å². The minimum atomic E-state index is -0.678. The molecule has 1 saturated heterocycles. The summed E-state index contributed by atoms with van der Waals surface area (Å²) in [6.45, 7) is 8.59. The molecule has 0 aromatic carbocycles. The maximum Gasteiger partial charge on any atom is 0.225 e. The second-order valence-electron chi connectivity index (χ2n) is 12.2. The Bertz CT molecular complexity index is 1310. The van der Waals surface area contributed by atoms with Gasteiger partial charge in [-0.05, 0) is 78.2 Å². The van der Waals surface area contributed by atoms with Crippen molar-refractivity contribution in [2.45, 2.75) is 109 Å². The van der Waals surface area contributed by atoms with E-state index in [9.17, 15) is 5.11 Å². The van der Waals surface area contributed by atoms with Gasteiger partial charge in [-0.25, -0.2) is 9.97 Å². The lowest BCUT2D eigenvalue weighted by molar-refractivity contribution is -0.0244. The topological polar surface area (TPSA) is 105 Å². The van der Waals surface area contributed by atoms with Gasteiger partial charge in [-0.3, -0.25) is 4.98 Å². The number of nitrogens with one attached hydrogen (secondary N) is 2. The average molecular weight is 537 g/mol. The average Bonchev–Trinajstić information content (AvgIpc) is 3.59. The van der Waals surface area contributed by atoms with E-state index >= 15 is 0 Å². The predicted octanol–water partition coefficient (Wildman–Crippen LogP) is 6.02. The van der Waals surface area contributed by atoms with Crippen LogP contribution in [0.1, 0.15) is 83.0 Å². The quantitative estimate of drug-likeness (QED) is 0.351. The Kier molecular flexibility index (Phi) is 6.81. The van der Waals surface area contributed by atoms with Crippen LogP contribution in [0.5, 0.6) is 0 Å². The number of hydrogen-bond donors (Lipinski definition) is 3. The van der Waals surface area contributed by atoms with Gasteiger partial charge in [-0.15, -0.1) is 11.3 Å². The SMILES string of the molecule is Cc1nc(NC2COC3(CCCCC3)C2)nc(NC2CC[C@H](C(C)(C)O)C2)c1-c1nc2c(C)nccc2s1. The first-order chi connectivity index (χ1) is 18.2. The van der Waals surface area contributed by atoms with E-state index in [1.807, 2.05) is 40.0 Å². The van der Waals surface area contributed by atoms with Crippen molar-refractivity contribution in [1.29, 1.82) is 0 Å². The summed E-state index contributed by atoms with van der Waals surface area (Å²) in [6, 6.07) is 2.48. The normalized spacial score (nSPS) is 25.3. The summed E-state index contributed by atoms with van der Waals surface area (Å²) in [5.74, 6) is 1.73. The molecule has 0 radical (unpaired) electrons. The van der Waals surface area contributed by atoms with Crippen LogP contribution in [0.25, 0.3) is 20.8 Å². The number of ether oxygens (including phenoxy) is 1. The molecule has 3 atom stereocenters. The van der Waals surface area contributed by atoms with Gasteiger partial charge in [0.15, 0.2) is 0 Å². The molecule has 3 aliphatic rings. The van der Waals surface area contributed by atoms with Crippen LogP contribution >= 0.6 is 11.3 Å². The molecule has 3 aromatic heterocycles. The van der Waals surface area contributed by atoms with Crippen LogP contribution in [0.2, 0.25) is 0 Å². The summed E-state index contributed by atoms with van der Waals surface area (Å²) in [5.41, 5.74) is 3.08. The van der Waals surface area contributed by atoms with Crippen molar-refractivity contribution >= 4 is 33.3 Å². The minimum absolute atomic E-state index is 0.0365. The largest absolute Gasteiger partial charge is 0.390 e.